The van der Waals surface area contributed by atoms with Crippen molar-refractivity contribution in [3.8, 4) is 0 Å². The molecule has 4 nitrogen and oxygen atoms in total. The van der Waals surface area contributed by atoms with E-state index < -0.39 is 0 Å². The van der Waals surface area contributed by atoms with Gasteiger partial charge in [0.2, 0.25) is 0 Å². The lowest BCUT2D eigenvalue weighted by molar-refractivity contribution is 0.219. The average Bonchev–Trinajstić information content (AvgIpc) is 2.79. The van der Waals surface area contributed by atoms with Crippen molar-refractivity contribution in [2.75, 3.05) is 13.2 Å². The summed E-state index contributed by atoms with van der Waals surface area (Å²) in [6, 6.07) is 3.72. The van der Waals surface area contributed by atoms with Crippen molar-refractivity contribution in [3.05, 3.63) is 22.4 Å². The highest BCUT2D eigenvalue weighted by molar-refractivity contribution is 7.09. The largest absolute Gasteiger partial charge is 0.394 e. The Morgan fingerprint density at radius 1 is 1.53 bits per heavy atom. The third kappa shape index (κ3) is 5.70. The zero-order valence-corrected chi connectivity index (χ0v) is 11.1. The maximum Gasteiger partial charge on any atom is 0.315 e. The van der Waals surface area contributed by atoms with E-state index in [2.05, 4.69) is 29.0 Å². The van der Waals surface area contributed by atoms with Gasteiger partial charge in [-0.2, -0.15) is 0 Å². The van der Waals surface area contributed by atoms with E-state index in [4.69, 9.17) is 5.11 Å². The van der Waals surface area contributed by atoms with E-state index in [0.717, 1.165) is 6.42 Å². The van der Waals surface area contributed by atoms with Crippen molar-refractivity contribution in [1.82, 2.24) is 10.6 Å². The fraction of sp³-hybridized carbons (Fsp3) is 0.583. The minimum Gasteiger partial charge on any atom is -0.394 e. The number of carbonyl (C=O) groups excluding carboxylic acids is 1. The third-order valence-electron chi connectivity index (χ3n) is 2.39. The number of rotatable bonds is 6. The molecule has 0 radical (unpaired) electrons. The molecule has 0 aliphatic rings. The molecule has 96 valence electrons. The Morgan fingerprint density at radius 3 is 2.88 bits per heavy atom. The topological polar surface area (TPSA) is 61.4 Å². The first-order chi connectivity index (χ1) is 8.11. The summed E-state index contributed by atoms with van der Waals surface area (Å²) >= 11 is 1.74. The van der Waals surface area contributed by atoms with Gasteiger partial charge in [0.05, 0.1) is 12.6 Å². The van der Waals surface area contributed by atoms with Crippen molar-refractivity contribution >= 4 is 17.4 Å². The number of nitrogens with one attached hydrogen (secondary N) is 2. The first kappa shape index (κ1) is 14.0. The Labute approximate surface area is 106 Å². The summed E-state index contributed by atoms with van der Waals surface area (Å²) in [5.74, 6) is 0.406. The molecule has 17 heavy (non-hydrogen) atoms. The molecule has 2 amide bonds. The normalized spacial score (nSPS) is 14.1. The Kier molecular flexibility index (Phi) is 6.00. The van der Waals surface area contributed by atoms with E-state index in [0.29, 0.717) is 12.5 Å². The number of urea groups is 1. The second-order valence-electron chi connectivity index (χ2n) is 4.33. The molecule has 1 heterocycles. The van der Waals surface area contributed by atoms with Crippen LogP contribution in [0.4, 0.5) is 4.79 Å². The number of carbonyl (C=O) groups is 1. The molecule has 0 bridgehead atoms. The van der Waals surface area contributed by atoms with Gasteiger partial charge in [-0.25, -0.2) is 4.79 Å². The lowest BCUT2D eigenvalue weighted by atomic mass is 10.1. The van der Waals surface area contributed by atoms with E-state index in [9.17, 15) is 4.79 Å². The summed E-state index contributed by atoms with van der Waals surface area (Å²) in [5, 5.41) is 16.3. The highest BCUT2D eigenvalue weighted by Crippen LogP contribution is 2.13. The molecule has 0 aliphatic heterocycles. The van der Waals surface area contributed by atoms with Gasteiger partial charge in [-0.1, -0.05) is 13.0 Å². The van der Waals surface area contributed by atoms with Crippen LogP contribution in [0.1, 0.15) is 18.7 Å². The third-order valence-corrected chi connectivity index (χ3v) is 3.29. The Bertz CT molecular complexity index is 327. The van der Waals surface area contributed by atoms with Crippen molar-refractivity contribution in [2.24, 2.45) is 5.92 Å². The van der Waals surface area contributed by atoms with Gasteiger partial charge in [0.1, 0.15) is 0 Å². The predicted molar refractivity (Wildman–Crippen MR) is 70.3 cm³/mol. The standard InChI is InChI=1S/C12H20N2O2S/c1-9(6-11-4-3-5-17-11)7-13-12(16)14-10(2)8-15/h3-5,9-10,15H,6-8H2,1-2H3,(H2,13,14,16)/t9-,10+/m1/s1. The summed E-state index contributed by atoms with van der Waals surface area (Å²) in [7, 11) is 0. The highest BCUT2D eigenvalue weighted by atomic mass is 32.1. The number of amides is 2. The fourth-order valence-electron chi connectivity index (χ4n) is 1.43. The van der Waals surface area contributed by atoms with Crippen LogP contribution in [0.25, 0.3) is 0 Å². The average molecular weight is 256 g/mol. The molecule has 0 unspecified atom stereocenters. The van der Waals surface area contributed by atoms with Crippen LogP contribution in [-0.4, -0.2) is 30.3 Å². The van der Waals surface area contributed by atoms with Crippen molar-refractivity contribution < 1.29 is 9.90 Å². The number of hydrogen-bond acceptors (Lipinski definition) is 3. The number of thiophene rings is 1. The monoisotopic (exact) mass is 256 g/mol. The first-order valence-corrected chi connectivity index (χ1v) is 6.67. The van der Waals surface area contributed by atoms with Crippen LogP contribution in [0.15, 0.2) is 17.5 Å². The highest BCUT2D eigenvalue weighted by Gasteiger charge is 2.08. The molecular weight excluding hydrogens is 236 g/mol. The van der Waals surface area contributed by atoms with Gasteiger partial charge in [0.15, 0.2) is 0 Å². The molecule has 0 fully saturated rings. The van der Waals surface area contributed by atoms with Gasteiger partial charge in [-0.05, 0) is 30.7 Å². The minimum absolute atomic E-state index is 0.0435. The molecule has 1 aromatic heterocycles. The van der Waals surface area contributed by atoms with E-state index in [1.54, 1.807) is 18.3 Å². The van der Waals surface area contributed by atoms with E-state index >= 15 is 0 Å². The van der Waals surface area contributed by atoms with Crippen molar-refractivity contribution in [2.45, 2.75) is 26.3 Å². The van der Waals surface area contributed by atoms with E-state index in [-0.39, 0.29) is 18.7 Å². The fourth-order valence-corrected chi connectivity index (χ4v) is 2.30. The molecule has 2 atom stereocenters. The second-order valence-corrected chi connectivity index (χ2v) is 5.36. The quantitative estimate of drug-likeness (QED) is 0.724. The first-order valence-electron chi connectivity index (χ1n) is 5.79. The smallest absolute Gasteiger partial charge is 0.315 e. The van der Waals surface area contributed by atoms with Gasteiger partial charge >= 0.3 is 6.03 Å². The second kappa shape index (κ2) is 7.29. The Balaban J connectivity index is 2.19. The van der Waals surface area contributed by atoms with E-state index in [1.165, 1.54) is 4.88 Å². The Hall–Kier alpha value is -1.07. The number of hydrogen-bond donors (Lipinski definition) is 3. The van der Waals surface area contributed by atoms with Crippen molar-refractivity contribution in [3.63, 3.8) is 0 Å². The maximum absolute atomic E-state index is 11.4. The number of aliphatic hydroxyl groups excluding tert-OH is 1. The SMILES string of the molecule is C[C@@H](CNC(=O)N[C@@H](C)CO)Cc1cccs1. The lowest BCUT2D eigenvalue weighted by Crippen LogP contribution is -2.43. The number of aliphatic hydroxyl groups is 1. The minimum atomic E-state index is -0.218. The molecule has 1 rings (SSSR count). The lowest BCUT2D eigenvalue weighted by Gasteiger charge is -2.15. The van der Waals surface area contributed by atoms with Crippen LogP contribution >= 0.6 is 11.3 Å². The van der Waals surface area contributed by atoms with Crippen LogP contribution in [0.3, 0.4) is 0 Å². The summed E-state index contributed by atoms with van der Waals surface area (Å²) in [6.07, 6.45) is 0.980. The molecule has 0 spiro atoms. The summed E-state index contributed by atoms with van der Waals surface area (Å²) in [5.41, 5.74) is 0. The molecule has 0 aromatic carbocycles. The van der Waals surface area contributed by atoms with Crippen LogP contribution in [0, 0.1) is 5.92 Å². The predicted octanol–water partition coefficient (Wildman–Crippen LogP) is 1.61. The van der Waals surface area contributed by atoms with Gasteiger partial charge in [-0.3, -0.25) is 0 Å². The molecule has 0 aliphatic carbocycles. The zero-order chi connectivity index (χ0) is 12.7. The Morgan fingerprint density at radius 2 is 2.29 bits per heavy atom. The molecule has 0 saturated heterocycles. The van der Waals surface area contributed by atoms with E-state index in [1.807, 2.05) is 6.07 Å². The van der Waals surface area contributed by atoms with Gasteiger partial charge in [0, 0.05) is 11.4 Å². The summed E-state index contributed by atoms with van der Waals surface area (Å²) in [6.45, 7) is 4.46. The molecular formula is C12H20N2O2S. The summed E-state index contributed by atoms with van der Waals surface area (Å²) in [4.78, 5) is 12.7. The van der Waals surface area contributed by atoms with Crippen LogP contribution in [-0.2, 0) is 6.42 Å². The van der Waals surface area contributed by atoms with Crippen LogP contribution in [0.5, 0.6) is 0 Å². The molecule has 5 heteroatoms. The molecule has 1 aromatic rings. The van der Waals surface area contributed by atoms with Gasteiger partial charge in [0.25, 0.3) is 0 Å². The van der Waals surface area contributed by atoms with Gasteiger partial charge in [-0.15, -0.1) is 11.3 Å². The maximum atomic E-state index is 11.4. The van der Waals surface area contributed by atoms with Crippen LogP contribution in [0.2, 0.25) is 0 Å². The molecule has 0 saturated carbocycles. The summed E-state index contributed by atoms with van der Waals surface area (Å²) < 4.78 is 0. The van der Waals surface area contributed by atoms with Crippen LogP contribution < -0.4 is 10.6 Å². The zero-order valence-electron chi connectivity index (χ0n) is 10.3. The van der Waals surface area contributed by atoms with Gasteiger partial charge < -0.3 is 15.7 Å². The molecule has 3 N–H and O–H groups in total. The van der Waals surface area contributed by atoms with Crippen molar-refractivity contribution in [1.29, 1.82) is 0 Å².